The first-order chi connectivity index (χ1) is 9.11. The molecule has 0 aliphatic heterocycles. The number of halogens is 1. The van der Waals surface area contributed by atoms with Crippen molar-refractivity contribution < 1.29 is 4.39 Å². The van der Waals surface area contributed by atoms with Gasteiger partial charge in [0, 0.05) is 38.9 Å². The van der Waals surface area contributed by atoms with E-state index in [1.165, 1.54) is 6.07 Å². The van der Waals surface area contributed by atoms with Gasteiger partial charge in [-0.15, -0.1) is 0 Å². The van der Waals surface area contributed by atoms with Crippen molar-refractivity contribution in [3.63, 3.8) is 0 Å². The van der Waals surface area contributed by atoms with Crippen LogP contribution in [-0.4, -0.2) is 23.9 Å². The normalized spacial score (nSPS) is 10.7. The van der Waals surface area contributed by atoms with Gasteiger partial charge in [0.2, 0.25) is 0 Å². The summed E-state index contributed by atoms with van der Waals surface area (Å²) in [6.07, 6.45) is 3.74. The molecule has 0 amide bonds. The van der Waals surface area contributed by atoms with E-state index in [1.54, 1.807) is 16.9 Å². The number of rotatable bonds is 5. The van der Waals surface area contributed by atoms with Gasteiger partial charge in [-0.2, -0.15) is 5.10 Å². The third-order valence-corrected chi connectivity index (χ3v) is 3.00. The monoisotopic (exact) mass is 262 g/mol. The fourth-order valence-electron chi connectivity index (χ4n) is 2.23. The Labute approximate surface area is 112 Å². The van der Waals surface area contributed by atoms with Crippen LogP contribution in [0.15, 0.2) is 30.6 Å². The van der Waals surface area contributed by atoms with Crippen molar-refractivity contribution in [2.24, 2.45) is 7.05 Å². The minimum atomic E-state index is -0.195. The predicted molar refractivity (Wildman–Crippen MR) is 74.5 cm³/mol. The van der Waals surface area contributed by atoms with Crippen molar-refractivity contribution in [3.05, 3.63) is 47.5 Å². The molecule has 0 unspecified atom stereocenters. The number of aryl methyl sites for hydroxylation is 1. The van der Waals surface area contributed by atoms with Crippen LogP contribution in [-0.2, 0) is 20.1 Å². The quantitative estimate of drug-likeness (QED) is 0.893. The Hall–Kier alpha value is -1.88. The lowest BCUT2D eigenvalue weighted by Crippen LogP contribution is -2.20. The second kappa shape index (κ2) is 5.84. The van der Waals surface area contributed by atoms with Crippen LogP contribution < -0.4 is 10.2 Å². The average molecular weight is 262 g/mol. The van der Waals surface area contributed by atoms with Crippen molar-refractivity contribution in [3.8, 4) is 0 Å². The van der Waals surface area contributed by atoms with Crippen LogP contribution in [0.2, 0.25) is 0 Å². The first-order valence-corrected chi connectivity index (χ1v) is 6.22. The predicted octanol–water partition coefficient (Wildman–Crippen LogP) is 1.92. The standard InChI is InChI=1S/C14H19FN4/c1-16-8-12-5-4-6-13(15)14(12)18(2)9-11-7-17-19(3)10-11/h4-7,10,16H,8-9H2,1-3H3. The summed E-state index contributed by atoms with van der Waals surface area (Å²) in [5.41, 5.74) is 2.65. The van der Waals surface area contributed by atoms with Crippen molar-refractivity contribution in [2.45, 2.75) is 13.1 Å². The molecule has 1 heterocycles. The zero-order valence-corrected chi connectivity index (χ0v) is 11.5. The van der Waals surface area contributed by atoms with Crippen LogP contribution in [0.5, 0.6) is 0 Å². The highest BCUT2D eigenvalue weighted by Gasteiger charge is 2.13. The van der Waals surface area contributed by atoms with Crippen LogP contribution in [0, 0.1) is 5.82 Å². The molecule has 5 heteroatoms. The molecule has 1 aromatic heterocycles. The van der Waals surface area contributed by atoms with Crippen LogP contribution in [0.1, 0.15) is 11.1 Å². The molecule has 0 saturated heterocycles. The van der Waals surface area contributed by atoms with Crippen molar-refractivity contribution in [1.82, 2.24) is 15.1 Å². The number of aromatic nitrogens is 2. The summed E-state index contributed by atoms with van der Waals surface area (Å²) in [6.45, 7) is 1.27. The Balaban J connectivity index is 2.24. The number of hydrogen-bond acceptors (Lipinski definition) is 3. The zero-order chi connectivity index (χ0) is 13.8. The Bertz CT molecular complexity index is 550. The lowest BCUT2D eigenvalue weighted by Gasteiger charge is -2.22. The number of nitrogens with one attached hydrogen (secondary N) is 1. The smallest absolute Gasteiger partial charge is 0.146 e. The van der Waals surface area contributed by atoms with Gasteiger partial charge in [0.1, 0.15) is 5.82 Å². The third kappa shape index (κ3) is 3.12. The molecule has 19 heavy (non-hydrogen) atoms. The Morgan fingerprint density at radius 1 is 1.42 bits per heavy atom. The first kappa shape index (κ1) is 13.5. The summed E-state index contributed by atoms with van der Waals surface area (Å²) >= 11 is 0. The Morgan fingerprint density at radius 3 is 2.84 bits per heavy atom. The highest BCUT2D eigenvalue weighted by molar-refractivity contribution is 5.54. The summed E-state index contributed by atoms with van der Waals surface area (Å²) in [5.74, 6) is -0.195. The van der Waals surface area contributed by atoms with E-state index in [0.29, 0.717) is 18.8 Å². The second-order valence-corrected chi connectivity index (χ2v) is 4.66. The average Bonchev–Trinajstić information content (AvgIpc) is 2.75. The third-order valence-electron chi connectivity index (χ3n) is 3.00. The van der Waals surface area contributed by atoms with Crippen LogP contribution in [0.3, 0.4) is 0 Å². The Kier molecular flexibility index (Phi) is 4.16. The van der Waals surface area contributed by atoms with Gasteiger partial charge < -0.3 is 10.2 Å². The minimum Gasteiger partial charge on any atom is -0.368 e. The fourth-order valence-corrected chi connectivity index (χ4v) is 2.23. The van der Waals surface area contributed by atoms with Gasteiger partial charge in [-0.05, 0) is 18.7 Å². The number of hydrogen-bond donors (Lipinski definition) is 1. The first-order valence-electron chi connectivity index (χ1n) is 6.22. The van der Waals surface area contributed by atoms with Crippen molar-refractivity contribution in [2.75, 3.05) is 19.0 Å². The summed E-state index contributed by atoms with van der Waals surface area (Å²) in [7, 11) is 5.62. The number of nitrogens with zero attached hydrogens (tertiary/aromatic N) is 3. The summed E-state index contributed by atoms with van der Waals surface area (Å²) < 4.78 is 15.8. The van der Waals surface area contributed by atoms with Crippen LogP contribution in [0.25, 0.3) is 0 Å². The van der Waals surface area contributed by atoms with Crippen molar-refractivity contribution in [1.29, 1.82) is 0 Å². The lowest BCUT2D eigenvalue weighted by molar-refractivity contribution is 0.617. The minimum absolute atomic E-state index is 0.195. The maximum atomic E-state index is 14.0. The molecule has 0 aliphatic rings. The lowest BCUT2D eigenvalue weighted by atomic mass is 10.1. The molecule has 2 rings (SSSR count). The van der Waals surface area contributed by atoms with Crippen molar-refractivity contribution >= 4 is 5.69 Å². The number of anilines is 1. The summed E-state index contributed by atoms with van der Waals surface area (Å²) in [5, 5.41) is 7.19. The van der Waals surface area contributed by atoms with Gasteiger partial charge in [0.05, 0.1) is 11.9 Å². The van der Waals surface area contributed by atoms with Gasteiger partial charge >= 0.3 is 0 Å². The highest BCUT2D eigenvalue weighted by atomic mass is 19.1. The van der Waals surface area contributed by atoms with E-state index in [1.807, 2.05) is 38.3 Å². The molecule has 1 N–H and O–H groups in total. The van der Waals surface area contributed by atoms with Crippen LogP contribution in [0.4, 0.5) is 10.1 Å². The number of benzene rings is 1. The van der Waals surface area contributed by atoms with Gasteiger partial charge in [-0.1, -0.05) is 12.1 Å². The largest absolute Gasteiger partial charge is 0.368 e. The molecule has 4 nitrogen and oxygen atoms in total. The van der Waals surface area contributed by atoms with E-state index in [4.69, 9.17) is 0 Å². The van der Waals surface area contributed by atoms with E-state index in [-0.39, 0.29) is 5.82 Å². The molecular formula is C14H19FN4. The molecule has 0 atom stereocenters. The molecule has 0 bridgehead atoms. The molecule has 1 aromatic carbocycles. The zero-order valence-electron chi connectivity index (χ0n) is 11.5. The fraction of sp³-hybridized carbons (Fsp3) is 0.357. The summed E-state index contributed by atoms with van der Waals surface area (Å²) in [6, 6.07) is 5.17. The maximum Gasteiger partial charge on any atom is 0.146 e. The van der Waals surface area contributed by atoms with E-state index in [0.717, 1.165) is 11.1 Å². The molecule has 0 radical (unpaired) electrons. The molecule has 2 aromatic rings. The number of para-hydroxylation sites is 1. The van der Waals surface area contributed by atoms with E-state index in [9.17, 15) is 4.39 Å². The van der Waals surface area contributed by atoms with E-state index < -0.39 is 0 Å². The van der Waals surface area contributed by atoms with Gasteiger partial charge in [0.15, 0.2) is 0 Å². The maximum absolute atomic E-state index is 14.0. The molecule has 0 fully saturated rings. The van der Waals surface area contributed by atoms with Gasteiger partial charge in [-0.25, -0.2) is 4.39 Å². The highest BCUT2D eigenvalue weighted by Crippen LogP contribution is 2.24. The topological polar surface area (TPSA) is 33.1 Å². The van der Waals surface area contributed by atoms with Gasteiger partial charge in [-0.3, -0.25) is 4.68 Å². The Morgan fingerprint density at radius 2 is 2.21 bits per heavy atom. The van der Waals surface area contributed by atoms with Gasteiger partial charge in [0.25, 0.3) is 0 Å². The summed E-state index contributed by atoms with van der Waals surface area (Å²) in [4.78, 5) is 1.92. The molecule has 0 spiro atoms. The van der Waals surface area contributed by atoms with E-state index in [2.05, 4.69) is 10.4 Å². The molecule has 0 aliphatic carbocycles. The molecular weight excluding hydrogens is 243 g/mol. The second-order valence-electron chi connectivity index (χ2n) is 4.66. The molecule has 0 saturated carbocycles. The SMILES string of the molecule is CNCc1cccc(F)c1N(C)Cc1cnn(C)c1. The van der Waals surface area contributed by atoms with E-state index >= 15 is 0 Å². The molecule has 102 valence electrons. The van der Waals surface area contributed by atoms with Crippen LogP contribution >= 0.6 is 0 Å².